The molecule has 0 aliphatic rings. The summed E-state index contributed by atoms with van der Waals surface area (Å²) in [5, 5.41) is 12.0. The fourth-order valence-corrected chi connectivity index (χ4v) is 3.67. The van der Waals surface area contributed by atoms with E-state index in [1.54, 1.807) is 0 Å². The van der Waals surface area contributed by atoms with Gasteiger partial charge in [0.15, 0.2) is 5.15 Å². The lowest BCUT2D eigenvalue weighted by Gasteiger charge is -2.12. The molecule has 0 unspecified atom stereocenters. The smallest absolute Gasteiger partial charge is 0.219 e. The third-order valence-corrected chi connectivity index (χ3v) is 5.27. The molecule has 3 rings (SSSR count). The van der Waals surface area contributed by atoms with Crippen LogP contribution < -0.4 is 11.3 Å². The molecule has 0 saturated carbocycles. The summed E-state index contributed by atoms with van der Waals surface area (Å²) in [5.74, 6) is 1.04. The van der Waals surface area contributed by atoms with Gasteiger partial charge in [-0.2, -0.15) is 5.53 Å². The van der Waals surface area contributed by atoms with Crippen molar-refractivity contribution in [1.82, 2.24) is 9.55 Å². The first kappa shape index (κ1) is 20.9. The van der Waals surface area contributed by atoms with Crippen molar-refractivity contribution >= 4 is 17.4 Å². The van der Waals surface area contributed by atoms with Crippen molar-refractivity contribution in [2.45, 2.75) is 39.3 Å². The van der Waals surface area contributed by atoms with Gasteiger partial charge in [0.25, 0.3) is 0 Å². The van der Waals surface area contributed by atoms with Crippen molar-refractivity contribution in [2.75, 3.05) is 0 Å². The maximum Gasteiger partial charge on any atom is 0.219 e. The fourth-order valence-electron chi connectivity index (χ4n) is 3.40. The molecule has 5 N–H and O–H groups in total. The number of hydrogen-bond donors (Lipinski definition) is 3. The number of rotatable bonds is 8. The second kappa shape index (κ2) is 9.58. The topological polar surface area (TPSA) is 106 Å². The number of aromatic nitrogens is 2. The van der Waals surface area contributed by atoms with E-state index < -0.39 is 0 Å². The molecule has 150 valence electrons. The predicted octanol–water partition coefficient (Wildman–Crippen LogP) is 3.59. The Balaban J connectivity index is 1.90. The average Bonchev–Trinajstić information content (AvgIpc) is 3.06. The zero-order valence-electron chi connectivity index (χ0n) is 16.5. The summed E-state index contributed by atoms with van der Waals surface area (Å²) in [7, 11) is 0. The number of nitrogens with zero attached hydrogens (tertiary/aromatic N) is 3. The average molecular weight is 410 g/mol. The SMILES string of the molecule is CCCCc1nc(Cl)c(CN)n1Cc1ccc(-c2ccccc2C(=N)N=[NH2+])cc1. The highest BCUT2D eigenvalue weighted by molar-refractivity contribution is 6.30. The van der Waals surface area contributed by atoms with Crippen LogP contribution in [0.1, 0.15) is 42.4 Å². The normalized spacial score (nSPS) is 10.9. The molecule has 7 heteroatoms. The Bertz CT molecular complexity index is 1010. The van der Waals surface area contributed by atoms with Crippen molar-refractivity contribution in [2.24, 2.45) is 10.8 Å². The summed E-state index contributed by atoms with van der Waals surface area (Å²) in [6.45, 7) is 3.18. The second-order valence-electron chi connectivity index (χ2n) is 6.88. The van der Waals surface area contributed by atoms with E-state index in [-0.39, 0.29) is 5.84 Å². The summed E-state index contributed by atoms with van der Waals surface area (Å²) in [5.41, 5.74) is 15.9. The molecule has 3 aromatic rings. The van der Waals surface area contributed by atoms with Gasteiger partial charge in [-0.05, 0) is 23.1 Å². The third kappa shape index (κ3) is 4.60. The Morgan fingerprint density at radius 3 is 2.59 bits per heavy atom. The van der Waals surface area contributed by atoms with E-state index in [9.17, 15) is 0 Å². The first-order chi connectivity index (χ1) is 14.1. The number of aryl methyl sites for hydroxylation is 1. The number of benzene rings is 2. The highest BCUT2D eigenvalue weighted by Gasteiger charge is 2.15. The fraction of sp³-hybridized carbons (Fsp3) is 0.273. The lowest BCUT2D eigenvalue weighted by molar-refractivity contribution is -0.207. The van der Waals surface area contributed by atoms with Crippen LogP contribution in [0.15, 0.2) is 53.6 Å². The molecule has 0 atom stereocenters. The Morgan fingerprint density at radius 2 is 1.93 bits per heavy atom. The van der Waals surface area contributed by atoms with E-state index >= 15 is 0 Å². The van der Waals surface area contributed by atoms with Gasteiger partial charge in [0, 0.05) is 30.2 Å². The zero-order valence-corrected chi connectivity index (χ0v) is 17.3. The zero-order chi connectivity index (χ0) is 20.8. The molecule has 1 aromatic heterocycles. The number of nitrogens with one attached hydrogen (secondary N) is 1. The molecule has 0 aliphatic heterocycles. The molecule has 0 amide bonds. The van der Waals surface area contributed by atoms with Crippen molar-refractivity contribution < 1.29 is 5.53 Å². The molecule has 1 heterocycles. The van der Waals surface area contributed by atoms with E-state index in [4.69, 9.17) is 28.3 Å². The molecule has 6 nitrogen and oxygen atoms in total. The molecule has 0 saturated heterocycles. The largest absolute Gasteiger partial charge is 0.325 e. The molecular weight excluding hydrogens is 384 g/mol. The van der Waals surface area contributed by atoms with Gasteiger partial charge < -0.3 is 10.3 Å². The number of imidazole rings is 1. The number of halogens is 1. The Morgan fingerprint density at radius 1 is 1.21 bits per heavy atom. The molecule has 0 radical (unpaired) electrons. The number of hydrogen-bond acceptors (Lipinski definition) is 3. The summed E-state index contributed by atoms with van der Waals surface area (Å²) < 4.78 is 2.13. The molecule has 29 heavy (non-hydrogen) atoms. The highest BCUT2D eigenvalue weighted by Crippen LogP contribution is 2.26. The van der Waals surface area contributed by atoms with Gasteiger partial charge in [-0.25, -0.2) is 4.98 Å². The number of amidine groups is 1. The Kier molecular flexibility index (Phi) is 6.90. The van der Waals surface area contributed by atoms with Crippen LogP contribution >= 0.6 is 11.6 Å². The van der Waals surface area contributed by atoms with Gasteiger partial charge >= 0.3 is 0 Å². The second-order valence-corrected chi connectivity index (χ2v) is 7.24. The molecule has 2 aromatic carbocycles. The van der Waals surface area contributed by atoms with Crippen LogP contribution in [0.25, 0.3) is 11.1 Å². The van der Waals surface area contributed by atoms with Gasteiger partial charge in [0.1, 0.15) is 5.82 Å². The number of unbranched alkanes of at least 4 members (excludes halogenated alkanes) is 1. The van der Waals surface area contributed by atoms with Crippen molar-refractivity contribution in [1.29, 1.82) is 5.41 Å². The quantitative estimate of drug-likeness (QED) is 0.300. The Hall–Kier alpha value is -2.83. The van der Waals surface area contributed by atoms with Crippen LogP contribution in [0.3, 0.4) is 0 Å². The van der Waals surface area contributed by atoms with E-state index in [1.165, 1.54) is 0 Å². The molecule has 0 aliphatic carbocycles. The van der Waals surface area contributed by atoms with Gasteiger partial charge in [-0.3, -0.25) is 5.41 Å². The van der Waals surface area contributed by atoms with Crippen LogP contribution in [0.2, 0.25) is 5.15 Å². The molecule has 0 fully saturated rings. The minimum atomic E-state index is 0.0610. The lowest BCUT2D eigenvalue weighted by atomic mass is 9.98. The highest BCUT2D eigenvalue weighted by atomic mass is 35.5. The van der Waals surface area contributed by atoms with Crippen LogP contribution in [0.5, 0.6) is 0 Å². The lowest BCUT2D eigenvalue weighted by Crippen LogP contribution is -2.26. The standard InChI is InChI=1S/C22H25ClN6/c1-2-3-8-20-27-21(23)19(13-24)29(20)14-15-9-11-16(12-10-15)17-6-4-5-7-18(17)22(25)28-26/h4-7,9-12,25-26H,2-3,8,13-14,24H2,1H3/p+1. The maximum atomic E-state index is 7.96. The van der Waals surface area contributed by atoms with Gasteiger partial charge in [-0.1, -0.05) is 73.5 Å². The van der Waals surface area contributed by atoms with E-state index in [0.29, 0.717) is 23.8 Å². The summed E-state index contributed by atoms with van der Waals surface area (Å²) in [6, 6.07) is 15.9. The van der Waals surface area contributed by atoms with Crippen LogP contribution in [0.4, 0.5) is 0 Å². The van der Waals surface area contributed by atoms with Crippen molar-refractivity contribution in [3.05, 3.63) is 76.3 Å². The van der Waals surface area contributed by atoms with Gasteiger partial charge in [-0.15, -0.1) is 0 Å². The number of nitrogens with two attached hydrogens (primary N) is 2. The third-order valence-electron chi connectivity index (χ3n) is 4.97. The van der Waals surface area contributed by atoms with E-state index in [1.807, 2.05) is 36.4 Å². The molecule has 0 spiro atoms. The Labute approximate surface area is 175 Å². The van der Waals surface area contributed by atoms with Gasteiger partial charge in [0.2, 0.25) is 5.84 Å². The minimum absolute atomic E-state index is 0.0610. The maximum absolute atomic E-state index is 7.96. The van der Waals surface area contributed by atoms with Crippen molar-refractivity contribution in [3.8, 4) is 11.1 Å². The monoisotopic (exact) mass is 409 g/mol. The van der Waals surface area contributed by atoms with Crippen LogP contribution in [-0.2, 0) is 19.5 Å². The first-order valence-corrected chi connectivity index (χ1v) is 10.1. The van der Waals surface area contributed by atoms with E-state index in [2.05, 4.69) is 33.7 Å². The minimum Gasteiger partial charge on any atom is -0.325 e. The molecule has 0 bridgehead atoms. The summed E-state index contributed by atoms with van der Waals surface area (Å²) >= 11 is 6.31. The van der Waals surface area contributed by atoms with Crippen LogP contribution in [-0.4, -0.2) is 15.4 Å². The summed E-state index contributed by atoms with van der Waals surface area (Å²) in [6.07, 6.45) is 3.04. The van der Waals surface area contributed by atoms with Crippen LogP contribution in [0, 0.1) is 5.41 Å². The van der Waals surface area contributed by atoms with Crippen molar-refractivity contribution in [3.63, 3.8) is 0 Å². The van der Waals surface area contributed by atoms with Gasteiger partial charge in [0.05, 0.1) is 5.69 Å². The molecular formula is C22H26ClN6+. The van der Waals surface area contributed by atoms with E-state index in [0.717, 1.165) is 47.5 Å². The summed E-state index contributed by atoms with van der Waals surface area (Å²) in [4.78, 5) is 4.52. The predicted molar refractivity (Wildman–Crippen MR) is 116 cm³/mol. The first-order valence-electron chi connectivity index (χ1n) is 9.71.